The Balaban J connectivity index is 1.74. The van der Waals surface area contributed by atoms with Crippen molar-refractivity contribution in [1.82, 2.24) is 15.6 Å². The maximum absolute atomic E-state index is 12.5. The molecule has 20 heteroatoms. The number of phosphoric ester groups is 1. The maximum Gasteiger partial charge on any atom is 0.469 e. The molecule has 0 saturated carbocycles. The van der Waals surface area contributed by atoms with Crippen LogP contribution in [0.5, 0.6) is 0 Å². The first-order valence-electron chi connectivity index (χ1n) is 23.5. The van der Waals surface area contributed by atoms with Crippen molar-refractivity contribution in [2.45, 2.75) is 161 Å². The molecule has 0 bridgehead atoms. The predicted octanol–water partition coefficient (Wildman–Crippen LogP) is 4.35. The van der Waals surface area contributed by atoms with Crippen LogP contribution in [-0.2, 0) is 32.8 Å². The first kappa shape index (κ1) is 59.9. The number of carbonyl (C=O) groups excluding carboxylic acids is 1. The number of ether oxygens (including phenoxy) is 4. The van der Waals surface area contributed by atoms with Crippen LogP contribution in [0.2, 0.25) is 0 Å². The Labute approximate surface area is 407 Å². The third kappa shape index (κ3) is 16.3. The second kappa shape index (κ2) is 26.9. The molecule has 1 unspecified atom stereocenters. The molecule has 9 N–H and O–H groups in total. The van der Waals surface area contributed by atoms with Gasteiger partial charge in [0.15, 0.2) is 17.8 Å². The van der Waals surface area contributed by atoms with Gasteiger partial charge in [-0.25, -0.2) is 9.55 Å². The largest absolute Gasteiger partial charge is 0.469 e. The number of amides is 1. The lowest BCUT2D eigenvalue weighted by atomic mass is 9.72. The molecule has 0 radical (unpaired) electrons. The molecule has 1 spiro atoms. The summed E-state index contributed by atoms with van der Waals surface area (Å²) < 4.78 is 48.1. The second-order valence-electron chi connectivity index (χ2n) is 19.2. The highest BCUT2D eigenvalue weighted by Crippen LogP contribution is 2.59. The lowest BCUT2D eigenvalue weighted by Crippen LogP contribution is -2.58. The van der Waals surface area contributed by atoms with E-state index in [0.717, 1.165) is 16.7 Å². The smallest absolute Gasteiger partial charge is 0.448 e. The minimum Gasteiger partial charge on any atom is -0.448 e. The Morgan fingerprint density at radius 2 is 1.77 bits per heavy atom. The Kier molecular flexibility index (Phi) is 23.3. The molecule has 1 amide bonds. The normalized spacial score (nSPS) is 27.7. The maximum atomic E-state index is 12.5. The number of aliphatic hydroxyl groups is 5. The zero-order valence-corrected chi connectivity index (χ0v) is 43.1. The summed E-state index contributed by atoms with van der Waals surface area (Å²) in [5.41, 5.74) is 1.87. The van der Waals surface area contributed by atoms with Crippen LogP contribution in [-0.4, -0.2) is 147 Å². The molecule has 0 aliphatic carbocycles. The SMILES string of the molecule is CN[C@@H](COC)[C@H](O)[C@H](O)C(=O)NCC[C@H](C)c1nc(/C=C/C[C@H]2OC3(C[C@@H](O)[C@@H]2C)O[C@H]([C@H](C[C@H](O)[C@H](C)[C@H](O)[C@H](C)/C=C(C)/C(C)=C/C=C/C(C)=C\C#N)OC)[C@H](OP(=O)(O)O)C3(C)C)co1. The van der Waals surface area contributed by atoms with Crippen LogP contribution < -0.4 is 10.6 Å². The average molecular weight is 995 g/mol. The van der Waals surface area contributed by atoms with Gasteiger partial charge in [-0.2, -0.15) is 5.26 Å². The van der Waals surface area contributed by atoms with Gasteiger partial charge in [0.25, 0.3) is 5.91 Å². The third-order valence-electron chi connectivity index (χ3n) is 13.8. The zero-order valence-electron chi connectivity index (χ0n) is 42.2. The highest BCUT2D eigenvalue weighted by Gasteiger charge is 2.68. The van der Waals surface area contributed by atoms with Gasteiger partial charge < -0.3 is 69.3 Å². The predicted molar refractivity (Wildman–Crippen MR) is 258 cm³/mol. The summed E-state index contributed by atoms with van der Waals surface area (Å²) in [5.74, 6) is -3.64. The molecule has 390 valence electrons. The van der Waals surface area contributed by atoms with E-state index in [0.29, 0.717) is 18.0 Å². The minimum atomic E-state index is -5.15. The number of likely N-dealkylation sites (N-methyl/N-ethyl adjacent to an activating group) is 1. The first-order chi connectivity index (χ1) is 32.3. The molecule has 0 aromatic carbocycles. The standard InChI is InChI=1S/C49H79N4O15P/c1-28(19-21-50)15-13-16-29(2)31(4)23-32(5)41(56)34(7)37(54)24-40(64-12)44-45(68-69(60,61)62)48(8,9)49(67-44)25-38(55)33(6)39(66-49)18-14-17-35-26-65-47(53-35)30(3)20-22-52-46(59)43(58)42(57)36(51-10)27-63-11/h13-17,19,23,26,30,32-34,36-45,51,54-58H,18,20,22,24-25,27H2,1-12H3,(H,52,59)(H2,60,61,62)/b15-13+,17-14+,28-19-,29-16+,31-23+/t30-,32+,33-,34-,36-,37-,38+,39+,40-,41+,42-,43-,44+,45-,49?/m0/s1. The van der Waals surface area contributed by atoms with E-state index >= 15 is 0 Å². The number of hydrogen-bond acceptors (Lipinski definition) is 16. The van der Waals surface area contributed by atoms with Crippen LogP contribution in [0, 0.1) is 34.5 Å². The number of aromatic nitrogens is 1. The zero-order chi connectivity index (χ0) is 52.0. The Hall–Kier alpha value is -3.42. The van der Waals surface area contributed by atoms with Gasteiger partial charge in [0, 0.05) is 68.8 Å². The summed E-state index contributed by atoms with van der Waals surface area (Å²) in [5, 5.41) is 69.5. The van der Waals surface area contributed by atoms with Gasteiger partial charge in [0.05, 0.1) is 49.2 Å². The summed E-state index contributed by atoms with van der Waals surface area (Å²) in [7, 11) is -0.735. The molecule has 1 aromatic heterocycles. The first-order valence-corrected chi connectivity index (χ1v) is 25.0. The van der Waals surface area contributed by atoms with Crippen LogP contribution in [0.4, 0.5) is 0 Å². The number of allylic oxidation sites excluding steroid dienone is 7. The Bertz CT molecular complexity index is 2040. The summed E-state index contributed by atoms with van der Waals surface area (Å²) in [4.78, 5) is 37.4. The van der Waals surface area contributed by atoms with E-state index in [1.54, 1.807) is 33.9 Å². The molecular formula is C49H79N4O15P. The number of carbonyl (C=O) groups is 1. The molecule has 19 nitrogen and oxygen atoms in total. The highest BCUT2D eigenvalue weighted by atomic mass is 31.2. The van der Waals surface area contributed by atoms with Crippen molar-refractivity contribution >= 4 is 19.8 Å². The number of oxazole rings is 1. The number of hydrogen-bond donors (Lipinski definition) is 9. The Morgan fingerprint density at radius 1 is 1.09 bits per heavy atom. The molecule has 2 fully saturated rings. The van der Waals surface area contributed by atoms with Gasteiger partial charge in [-0.3, -0.25) is 9.32 Å². The quantitative estimate of drug-likeness (QED) is 0.0354. The number of nitriles is 1. The summed E-state index contributed by atoms with van der Waals surface area (Å²) >= 11 is 0. The number of rotatable bonds is 26. The van der Waals surface area contributed by atoms with Crippen molar-refractivity contribution in [2.75, 3.05) is 34.4 Å². The van der Waals surface area contributed by atoms with Gasteiger partial charge in [-0.15, -0.1) is 0 Å². The summed E-state index contributed by atoms with van der Waals surface area (Å²) in [6, 6.07) is 1.35. The van der Waals surface area contributed by atoms with Crippen LogP contribution in [0.3, 0.4) is 0 Å². The van der Waals surface area contributed by atoms with Crippen molar-refractivity contribution < 1.29 is 72.6 Å². The second-order valence-corrected chi connectivity index (χ2v) is 20.4. The van der Waals surface area contributed by atoms with Gasteiger partial charge in [0.2, 0.25) is 0 Å². The number of nitrogens with one attached hydrogen (secondary N) is 2. The van der Waals surface area contributed by atoms with Crippen LogP contribution in [0.15, 0.2) is 63.9 Å². The van der Waals surface area contributed by atoms with Crippen molar-refractivity contribution in [3.63, 3.8) is 0 Å². The fraction of sp³-hybridized carbons (Fsp3) is 0.694. The average Bonchev–Trinajstić information content (AvgIpc) is 3.84. The minimum absolute atomic E-state index is 0.0646. The van der Waals surface area contributed by atoms with Crippen LogP contribution in [0.25, 0.3) is 6.08 Å². The van der Waals surface area contributed by atoms with E-state index in [4.69, 9.17) is 33.2 Å². The van der Waals surface area contributed by atoms with E-state index in [1.807, 2.05) is 78.0 Å². The number of aliphatic hydroxyl groups excluding tert-OH is 5. The fourth-order valence-electron chi connectivity index (χ4n) is 8.78. The number of phosphoric acid groups is 1. The van der Waals surface area contributed by atoms with Gasteiger partial charge in [-0.1, -0.05) is 77.5 Å². The summed E-state index contributed by atoms with van der Waals surface area (Å²) in [6.45, 7) is 16.6. The Morgan fingerprint density at radius 3 is 2.38 bits per heavy atom. The van der Waals surface area contributed by atoms with Gasteiger partial charge in [0.1, 0.15) is 30.3 Å². The number of methoxy groups -OCH3 is 2. The third-order valence-corrected chi connectivity index (χ3v) is 14.3. The van der Waals surface area contributed by atoms with Gasteiger partial charge in [-0.05, 0) is 57.9 Å². The van der Waals surface area contributed by atoms with Crippen molar-refractivity contribution in [3.05, 3.63) is 71.0 Å². The van der Waals surface area contributed by atoms with E-state index in [2.05, 4.69) is 15.6 Å². The molecule has 2 aliphatic heterocycles. The van der Waals surface area contributed by atoms with Crippen molar-refractivity contribution in [2.24, 2.45) is 23.2 Å². The van der Waals surface area contributed by atoms with Crippen molar-refractivity contribution in [3.8, 4) is 6.07 Å². The van der Waals surface area contributed by atoms with Crippen molar-refractivity contribution in [1.29, 1.82) is 5.26 Å². The number of nitrogens with zero attached hydrogens (tertiary/aromatic N) is 2. The molecule has 1 aromatic rings. The molecule has 3 rings (SSSR count). The lowest BCUT2D eigenvalue weighted by molar-refractivity contribution is -0.334. The van der Waals surface area contributed by atoms with E-state index in [1.165, 1.54) is 26.6 Å². The molecular weight excluding hydrogens is 916 g/mol. The monoisotopic (exact) mass is 995 g/mol. The lowest BCUT2D eigenvalue weighted by Gasteiger charge is -2.50. The van der Waals surface area contributed by atoms with Crippen LogP contribution >= 0.6 is 7.82 Å². The topological polar surface area (TPSA) is 296 Å². The molecule has 69 heavy (non-hydrogen) atoms. The fourth-order valence-corrected chi connectivity index (χ4v) is 9.46. The molecule has 2 saturated heterocycles. The molecule has 15 atom stereocenters. The van der Waals surface area contributed by atoms with E-state index in [-0.39, 0.29) is 44.2 Å². The van der Waals surface area contributed by atoms with E-state index in [9.17, 15) is 44.7 Å². The van der Waals surface area contributed by atoms with Crippen LogP contribution in [0.1, 0.15) is 105 Å². The summed E-state index contributed by atoms with van der Waals surface area (Å²) in [6.07, 6.45) is 4.07. The van der Waals surface area contributed by atoms with Gasteiger partial charge >= 0.3 is 7.82 Å². The molecule has 3 heterocycles. The van der Waals surface area contributed by atoms with E-state index < -0.39 is 97.7 Å². The highest BCUT2D eigenvalue weighted by molar-refractivity contribution is 7.46. The molecule has 2 aliphatic rings.